The van der Waals surface area contributed by atoms with Crippen LogP contribution in [0.3, 0.4) is 0 Å². The molecule has 9 nitrogen and oxygen atoms in total. The van der Waals surface area contributed by atoms with Gasteiger partial charge < -0.3 is 38.3 Å². The number of carbonyl (C=O) groups excluding carboxylic acids is 2. The van der Waals surface area contributed by atoms with Crippen LogP contribution in [0.4, 0.5) is 0 Å². The Kier molecular flexibility index (Phi) is 5.84. The molecule has 2 aromatic carbocycles. The summed E-state index contributed by atoms with van der Waals surface area (Å²) in [5, 5.41) is 11.0. The minimum absolute atomic E-state index is 0.0424. The summed E-state index contributed by atoms with van der Waals surface area (Å²) in [6.45, 7) is 0.0424. The average molecular weight is 444 g/mol. The number of aliphatic hydroxyl groups excluding tert-OH is 1. The fourth-order valence-electron chi connectivity index (χ4n) is 4.57. The highest BCUT2D eigenvalue weighted by Crippen LogP contribution is 2.53. The number of fused-ring (bicyclic) bond motifs is 2. The molecule has 1 N–H and O–H groups in total. The van der Waals surface area contributed by atoms with Gasteiger partial charge >= 0.3 is 5.97 Å². The number of hydrogen-bond donors (Lipinski definition) is 1. The zero-order valence-electron chi connectivity index (χ0n) is 18.1. The van der Waals surface area contributed by atoms with Crippen molar-refractivity contribution in [1.29, 1.82) is 0 Å². The third-order valence-electron chi connectivity index (χ3n) is 6.05. The maximum Gasteiger partial charge on any atom is 0.310 e. The monoisotopic (exact) mass is 444 g/mol. The normalized spacial score (nSPS) is 23.2. The van der Waals surface area contributed by atoms with Crippen LogP contribution in [0.2, 0.25) is 0 Å². The highest BCUT2D eigenvalue weighted by Gasteiger charge is 2.48. The molecule has 2 aromatic rings. The summed E-state index contributed by atoms with van der Waals surface area (Å²) in [7, 11) is 5.72. The molecule has 0 aromatic heterocycles. The Hall–Kier alpha value is -3.46. The number of rotatable bonds is 6. The van der Waals surface area contributed by atoms with Gasteiger partial charge in [-0.3, -0.25) is 4.79 Å². The lowest BCUT2D eigenvalue weighted by Crippen LogP contribution is -2.40. The quantitative estimate of drug-likeness (QED) is 0.530. The van der Waals surface area contributed by atoms with Gasteiger partial charge in [-0.05, 0) is 41.0 Å². The minimum Gasteiger partial charge on any atom is -0.493 e. The first-order valence-corrected chi connectivity index (χ1v) is 9.93. The van der Waals surface area contributed by atoms with Crippen molar-refractivity contribution >= 4 is 12.3 Å². The van der Waals surface area contributed by atoms with Crippen LogP contribution in [0.25, 0.3) is 0 Å². The van der Waals surface area contributed by atoms with Crippen LogP contribution >= 0.6 is 0 Å². The van der Waals surface area contributed by atoms with E-state index >= 15 is 0 Å². The first kappa shape index (κ1) is 21.8. The van der Waals surface area contributed by atoms with Crippen molar-refractivity contribution in [3.63, 3.8) is 0 Å². The molecule has 4 rings (SSSR count). The van der Waals surface area contributed by atoms with Crippen molar-refractivity contribution in [2.24, 2.45) is 11.8 Å². The molecule has 32 heavy (non-hydrogen) atoms. The molecule has 1 aliphatic heterocycles. The van der Waals surface area contributed by atoms with Crippen LogP contribution in [0, 0.1) is 11.8 Å². The second kappa shape index (κ2) is 8.58. The second-order valence-corrected chi connectivity index (χ2v) is 7.48. The highest BCUT2D eigenvalue weighted by atomic mass is 16.7. The number of aldehydes is 1. The number of esters is 1. The van der Waals surface area contributed by atoms with Crippen molar-refractivity contribution in [2.75, 3.05) is 35.2 Å². The summed E-state index contributed by atoms with van der Waals surface area (Å²) in [6, 6.07) is 6.81. The lowest BCUT2D eigenvalue weighted by atomic mass is 9.65. The highest BCUT2D eigenvalue weighted by molar-refractivity contribution is 5.81. The van der Waals surface area contributed by atoms with Gasteiger partial charge in [0, 0.05) is 5.92 Å². The van der Waals surface area contributed by atoms with Crippen LogP contribution in [0.5, 0.6) is 28.7 Å². The molecule has 170 valence electrons. The predicted octanol–water partition coefficient (Wildman–Crippen LogP) is 2.22. The van der Waals surface area contributed by atoms with Gasteiger partial charge in [-0.25, -0.2) is 0 Å². The van der Waals surface area contributed by atoms with Gasteiger partial charge in [0.1, 0.15) is 6.29 Å². The molecule has 0 radical (unpaired) electrons. The third kappa shape index (κ3) is 3.29. The first-order chi connectivity index (χ1) is 15.5. The lowest BCUT2D eigenvalue weighted by molar-refractivity contribution is -0.152. The molecule has 0 fully saturated rings. The Labute approximate surface area is 184 Å². The molecule has 0 saturated heterocycles. The van der Waals surface area contributed by atoms with Crippen molar-refractivity contribution in [1.82, 2.24) is 0 Å². The Bertz CT molecular complexity index is 1020. The van der Waals surface area contributed by atoms with Crippen LogP contribution in [-0.4, -0.2) is 52.6 Å². The zero-order chi connectivity index (χ0) is 23.0. The smallest absolute Gasteiger partial charge is 0.310 e. The Morgan fingerprint density at radius 1 is 0.969 bits per heavy atom. The van der Waals surface area contributed by atoms with E-state index in [-0.39, 0.29) is 6.79 Å². The van der Waals surface area contributed by atoms with E-state index in [4.69, 9.17) is 28.4 Å². The van der Waals surface area contributed by atoms with E-state index in [1.54, 1.807) is 24.3 Å². The van der Waals surface area contributed by atoms with E-state index in [1.165, 1.54) is 28.4 Å². The van der Waals surface area contributed by atoms with Crippen LogP contribution in [0.1, 0.15) is 28.7 Å². The van der Waals surface area contributed by atoms with Crippen molar-refractivity contribution in [2.45, 2.75) is 12.0 Å². The molecular weight excluding hydrogens is 420 g/mol. The van der Waals surface area contributed by atoms with Gasteiger partial charge in [0.25, 0.3) is 0 Å². The molecule has 0 saturated carbocycles. The maximum atomic E-state index is 12.9. The van der Waals surface area contributed by atoms with E-state index in [1.807, 2.05) is 0 Å². The van der Waals surface area contributed by atoms with E-state index in [2.05, 4.69) is 0 Å². The van der Waals surface area contributed by atoms with Gasteiger partial charge in [0.2, 0.25) is 12.5 Å². The molecule has 0 unspecified atom stereocenters. The topological polar surface area (TPSA) is 110 Å². The summed E-state index contributed by atoms with van der Waals surface area (Å²) in [5.74, 6) is -1.20. The number of benzene rings is 2. The Morgan fingerprint density at radius 2 is 1.56 bits per heavy atom. The summed E-state index contributed by atoms with van der Waals surface area (Å²) >= 11 is 0. The molecule has 0 amide bonds. The second-order valence-electron chi connectivity index (χ2n) is 7.48. The molecule has 1 heterocycles. The molecule has 0 bridgehead atoms. The van der Waals surface area contributed by atoms with E-state index in [0.29, 0.717) is 51.7 Å². The van der Waals surface area contributed by atoms with Gasteiger partial charge in [0.05, 0.1) is 46.4 Å². The van der Waals surface area contributed by atoms with Gasteiger partial charge in [-0.15, -0.1) is 0 Å². The number of ether oxygens (including phenoxy) is 6. The van der Waals surface area contributed by atoms with Gasteiger partial charge in [-0.1, -0.05) is 0 Å². The van der Waals surface area contributed by atoms with Crippen LogP contribution in [0.15, 0.2) is 24.3 Å². The maximum absolute atomic E-state index is 12.9. The summed E-state index contributed by atoms with van der Waals surface area (Å²) in [5.41, 5.74) is 1.71. The van der Waals surface area contributed by atoms with Crippen LogP contribution < -0.4 is 23.7 Å². The van der Waals surface area contributed by atoms with E-state index < -0.39 is 29.8 Å². The van der Waals surface area contributed by atoms with Gasteiger partial charge in [0.15, 0.2) is 23.0 Å². The van der Waals surface area contributed by atoms with E-state index in [0.717, 1.165) is 0 Å². The molecule has 1 aliphatic carbocycles. The minimum atomic E-state index is -1.22. The largest absolute Gasteiger partial charge is 0.493 e. The summed E-state index contributed by atoms with van der Waals surface area (Å²) < 4.78 is 32.4. The lowest BCUT2D eigenvalue weighted by Gasteiger charge is -2.39. The van der Waals surface area contributed by atoms with Crippen molar-refractivity contribution in [3.05, 3.63) is 41.0 Å². The average Bonchev–Trinajstić information content (AvgIpc) is 3.28. The Balaban J connectivity index is 2.00. The van der Waals surface area contributed by atoms with Gasteiger partial charge in [-0.2, -0.15) is 0 Å². The molecule has 2 aliphatic rings. The van der Waals surface area contributed by atoms with Crippen LogP contribution in [-0.2, 0) is 14.3 Å². The Morgan fingerprint density at radius 3 is 2.06 bits per heavy atom. The molecule has 0 spiro atoms. The zero-order valence-corrected chi connectivity index (χ0v) is 18.1. The number of carbonyl (C=O) groups is 2. The third-order valence-corrected chi connectivity index (χ3v) is 6.05. The summed E-state index contributed by atoms with van der Waals surface area (Å²) in [6.07, 6.45) is -0.635. The first-order valence-electron chi connectivity index (χ1n) is 9.93. The molecule has 4 atom stereocenters. The fraction of sp³-hybridized carbons (Fsp3) is 0.391. The van der Waals surface area contributed by atoms with Crippen molar-refractivity contribution < 1.29 is 43.1 Å². The fourth-order valence-corrected chi connectivity index (χ4v) is 4.57. The number of methoxy groups -OCH3 is 4. The standard InChI is InChI=1S/C23H24O9/c1-27-17-5-11(6-18(28-2)22(17)29-3)19-12-7-15-16(32-10-31-15)8-13(12)21(25)14(9-24)20(19)23(26)30-4/h5-9,14,19-21,25H,10H2,1-4H3/t14-,19+,20-,21-/m0/s1. The number of hydrogen-bond acceptors (Lipinski definition) is 9. The van der Waals surface area contributed by atoms with Crippen molar-refractivity contribution in [3.8, 4) is 28.7 Å². The van der Waals surface area contributed by atoms with E-state index in [9.17, 15) is 14.7 Å². The SMILES string of the molecule is COC(=O)[C@@H]1[C@H](c2cc(OC)c(OC)c(OC)c2)c2cc3c(cc2[C@H](O)[C@H]1C=O)OCO3. The predicted molar refractivity (Wildman–Crippen MR) is 111 cm³/mol. The molecule has 9 heteroatoms. The molecular formula is C23H24O9. The number of aliphatic hydroxyl groups is 1. The summed E-state index contributed by atoms with van der Waals surface area (Å²) in [4.78, 5) is 25.0.